The molecule has 1 aromatic heterocycles. The van der Waals surface area contributed by atoms with Gasteiger partial charge in [0.05, 0.1) is 15.1 Å². The van der Waals surface area contributed by atoms with E-state index in [2.05, 4.69) is 4.72 Å². The van der Waals surface area contributed by atoms with Gasteiger partial charge in [0.25, 0.3) is 0 Å². The van der Waals surface area contributed by atoms with E-state index in [9.17, 15) is 13.2 Å². The van der Waals surface area contributed by atoms with Crippen molar-refractivity contribution in [2.45, 2.75) is 31.7 Å². The molecule has 0 spiro atoms. The summed E-state index contributed by atoms with van der Waals surface area (Å²) in [6.45, 7) is 5.92. The molecule has 7 heteroatoms. The highest BCUT2D eigenvalue weighted by atomic mass is 32.2. The third-order valence-corrected chi connectivity index (χ3v) is 5.21. The minimum absolute atomic E-state index is 0.0532. The molecule has 0 radical (unpaired) electrons. The Bertz CT molecular complexity index is 757. The van der Waals surface area contributed by atoms with Gasteiger partial charge in [0.2, 0.25) is 10.0 Å². The van der Waals surface area contributed by atoms with Crippen molar-refractivity contribution in [1.82, 2.24) is 9.29 Å². The summed E-state index contributed by atoms with van der Waals surface area (Å²) in [7, 11) is -3.48. The first-order valence-corrected chi connectivity index (χ1v) is 8.31. The molecule has 0 saturated carbocycles. The highest BCUT2D eigenvalue weighted by Gasteiger charge is 2.16. The van der Waals surface area contributed by atoms with Crippen LogP contribution in [0.15, 0.2) is 27.9 Å². The lowest BCUT2D eigenvalue weighted by Gasteiger charge is -2.08. The number of fused-ring (bicyclic) bond motifs is 1. The topological polar surface area (TPSA) is 68.2 Å². The minimum Gasteiger partial charge on any atom is -0.296 e. The monoisotopic (exact) mass is 300 g/mol. The summed E-state index contributed by atoms with van der Waals surface area (Å²) >= 11 is 1.07. The van der Waals surface area contributed by atoms with Crippen LogP contribution in [0.25, 0.3) is 10.2 Å². The average Bonchev–Trinajstić information content (AvgIpc) is 2.63. The van der Waals surface area contributed by atoms with E-state index in [1.54, 1.807) is 23.6 Å². The summed E-state index contributed by atoms with van der Waals surface area (Å²) in [6.07, 6.45) is 0. The third kappa shape index (κ3) is 2.58. The molecule has 2 aromatic rings. The van der Waals surface area contributed by atoms with Gasteiger partial charge in [0.1, 0.15) is 0 Å². The summed E-state index contributed by atoms with van der Waals surface area (Å²) in [5.74, 6) is 0. The van der Waals surface area contributed by atoms with Crippen molar-refractivity contribution in [2.75, 3.05) is 6.54 Å². The van der Waals surface area contributed by atoms with Crippen LogP contribution >= 0.6 is 11.3 Å². The van der Waals surface area contributed by atoms with Crippen LogP contribution in [0.3, 0.4) is 0 Å². The molecule has 2 rings (SSSR count). The first-order valence-electron chi connectivity index (χ1n) is 6.01. The zero-order chi connectivity index (χ0) is 14.2. The number of nitrogens with zero attached hydrogens (tertiary/aromatic N) is 1. The van der Waals surface area contributed by atoms with Gasteiger partial charge in [-0.15, -0.1) is 0 Å². The van der Waals surface area contributed by atoms with Gasteiger partial charge < -0.3 is 0 Å². The van der Waals surface area contributed by atoms with Crippen molar-refractivity contribution in [2.24, 2.45) is 0 Å². The van der Waals surface area contributed by atoms with Crippen LogP contribution in [0.1, 0.15) is 26.8 Å². The maximum atomic E-state index is 11.9. The Labute approximate surface area is 115 Å². The number of aromatic nitrogens is 1. The Morgan fingerprint density at radius 1 is 1.37 bits per heavy atom. The molecule has 0 unspecified atom stereocenters. The van der Waals surface area contributed by atoms with Crippen molar-refractivity contribution >= 4 is 31.6 Å². The van der Waals surface area contributed by atoms with Crippen LogP contribution in [0.5, 0.6) is 0 Å². The van der Waals surface area contributed by atoms with Crippen LogP contribution < -0.4 is 9.60 Å². The van der Waals surface area contributed by atoms with E-state index in [1.807, 2.05) is 13.8 Å². The van der Waals surface area contributed by atoms with E-state index in [-0.39, 0.29) is 15.8 Å². The van der Waals surface area contributed by atoms with Crippen LogP contribution in [-0.4, -0.2) is 19.5 Å². The summed E-state index contributed by atoms with van der Waals surface area (Å²) in [6, 6.07) is 4.83. The fraction of sp³-hybridized carbons (Fsp3) is 0.417. The fourth-order valence-electron chi connectivity index (χ4n) is 1.95. The smallest absolute Gasteiger partial charge is 0.296 e. The molecule has 0 aliphatic rings. The molecule has 0 fully saturated rings. The lowest BCUT2D eigenvalue weighted by molar-refractivity contribution is 0.584. The van der Waals surface area contributed by atoms with E-state index < -0.39 is 10.0 Å². The Morgan fingerprint density at radius 2 is 2.05 bits per heavy atom. The second-order valence-corrected chi connectivity index (χ2v) is 7.22. The molecule has 0 atom stereocenters. The van der Waals surface area contributed by atoms with Crippen molar-refractivity contribution in [3.63, 3.8) is 0 Å². The van der Waals surface area contributed by atoms with E-state index in [0.717, 1.165) is 16.9 Å². The highest BCUT2D eigenvalue weighted by Crippen LogP contribution is 2.23. The molecule has 19 heavy (non-hydrogen) atoms. The quantitative estimate of drug-likeness (QED) is 0.938. The highest BCUT2D eigenvalue weighted by molar-refractivity contribution is 7.89. The number of rotatable bonds is 4. The van der Waals surface area contributed by atoms with Crippen molar-refractivity contribution in [1.29, 1.82) is 0 Å². The predicted molar refractivity (Wildman–Crippen MR) is 77.3 cm³/mol. The Kier molecular flexibility index (Phi) is 3.80. The first kappa shape index (κ1) is 14.2. The molecule has 0 amide bonds. The molecule has 1 aromatic carbocycles. The van der Waals surface area contributed by atoms with Crippen LogP contribution in [0.2, 0.25) is 0 Å². The van der Waals surface area contributed by atoms with Crippen LogP contribution in [0.4, 0.5) is 0 Å². The van der Waals surface area contributed by atoms with Gasteiger partial charge in [-0.3, -0.25) is 9.36 Å². The van der Waals surface area contributed by atoms with Gasteiger partial charge in [0, 0.05) is 12.6 Å². The van der Waals surface area contributed by atoms with Crippen molar-refractivity contribution in [3.05, 3.63) is 27.9 Å². The zero-order valence-electron chi connectivity index (χ0n) is 11.0. The minimum atomic E-state index is -3.48. The molecule has 1 N–H and O–H groups in total. The molecular weight excluding hydrogens is 284 g/mol. The molecule has 0 saturated heterocycles. The van der Waals surface area contributed by atoms with Crippen molar-refractivity contribution < 1.29 is 8.42 Å². The predicted octanol–water partition coefficient (Wildman–Crippen LogP) is 1.94. The number of nitrogens with one attached hydrogen (secondary N) is 1. The lowest BCUT2D eigenvalue weighted by Crippen LogP contribution is -2.23. The number of hydrogen-bond acceptors (Lipinski definition) is 4. The van der Waals surface area contributed by atoms with E-state index >= 15 is 0 Å². The maximum Gasteiger partial charge on any atom is 0.308 e. The maximum absolute atomic E-state index is 11.9. The normalized spacial score (nSPS) is 12.4. The standard InChI is InChI=1S/C12H16N2O3S2/c1-4-13-19(16,17)9-5-6-10-11(7-9)18-12(15)14(10)8(2)3/h5-8,13H,4H2,1-3H3. The van der Waals surface area contributed by atoms with Gasteiger partial charge in [-0.25, -0.2) is 13.1 Å². The largest absolute Gasteiger partial charge is 0.308 e. The second-order valence-electron chi connectivity index (χ2n) is 4.46. The number of thiazole rings is 1. The zero-order valence-corrected chi connectivity index (χ0v) is 12.6. The number of sulfonamides is 1. The average molecular weight is 300 g/mol. The SMILES string of the molecule is CCNS(=O)(=O)c1ccc2c(c1)sc(=O)n2C(C)C. The molecule has 5 nitrogen and oxygen atoms in total. The molecule has 104 valence electrons. The Morgan fingerprint density at radius 3 is 2.63 bits per heavy atom. The third-order valence-electron chi connectivity index (χ3n) is 2.75. The molecule has 0 aliphatic heterocycles. The van der Waals surface area contributed by atoms with Gasteiger partial charge >= 0.3 is 4.87 Å². The molecule has 1 heterocycles. The van der Waals surface area contributed by atoms with E-state index in [4.69, 9.17) is 0 Å². The molecule has 0 bridgehead atoms. The van der Waals surface area contributed by atoms with Gasteiger partial charge in [-0.2, -0.15) is 0 Å². The number of hydrogen-bond donors (Lipinski definition) is 1. The summed E-state index contributed by atoms with van der Waals surface area (Å²) in [5, 5.41) is 0. The Balaban J connectivity index is 2.64. The summed E-state index contributed by atoms with van der Waals surface area (Å²) < 4.78 is 28.6. The summed E-state index contributed by atoms with van der Waals surface area (Å²) in [5.41, 5.74) is 0.778. The van der Waals surface area contributed by atoms with Crippen molar-refractivity contribution in [3.8, 4) is 0 Å². The van der Waals surface area contributed by atoms with E-state index in [0.29, 0.717) is 11.2 Å². The summed E-state index contributed by atoms with van der Waals surface area (Å²) in [4.78, 5) is 12.0. The first-order chi connectivity index (χ1) is 8.86. The molecular formula is C12H16N2O3S2. The van der Waals surface area contributed by atoms with Crippen LogP contribution in [0, 0.1) is 0 Å². The number of benzene rings is 1. The lowest BCUT2D eigenvalue weighted by atomic mass is 10.3. The Hall–Kier alpha value is -1.18. The van der Waals surface area contributed by atoms with Gasteiger partial charge in [0.15, 0.2) is 0 Å². The molecule has 0 aliphatic carbocycles. The van der Waals surface area contributed by atoms with Gasteiger partial charge in [-0.1, -0.05) is 18.3 Å². The van der Waals surface area contributed by atoms with Crippen LogP contribution in [-0.2, 0) is 10.0 Å². The second kappa shape index (κ2) is 5.07. The van der Waals surface area contributed by atoms with E-state index in [1.165, 1.54) is 6.07 Å². The fourth-order valence-corrected chi connectivity index (χ4v) is 4.14. The van der Waals surface area contributed by atoms with Gasteiger partial charge in [-0.05, 0) is 32.0 Å².